The molecule has 0 atom stereocenters. The third-order valence-electron chi connectivity index (χ3n) is 5.92. The number of hydrogen-bond acceptors (Lipinski definition) is 4. The maximum atomic E-state index is 13.5. The maximum Gasteiger partial charge on any atom is 0.255 e. The number of likely N-dealkylation sites (N-methyl/N-ethyl adjacent to an activating group) is 2. The minimum atomic E-state index is -0.365. The lowest BCUT2D eigenvalue weighted by molar-refractivity contribution is 0.0786. The van der Waals surface area contributed by atoms with Gasteiger partial charge in [-0.3, -0.25) is 9.59 Å². The minimum Gasteiger partial charge on any atom is -0.455 e. The second-order valence-electron chi connectivity index (χ2n) is 8.71. The molecule has 2 amide bonds. The smallest absolute Gasteiger partial charge is 0.255 e. The molecule has 4 rings (SSSR count). The number of furan rings is 1. The molecule has 0 saturated carbocycles. The van der Waals surface area contributed by atoms with Gasteiger partial charge in [-0.2, -0.15) is 0 Å². The van der Waals surface area contributed by atoms with E-state index in [9.17, 15) is 14.0 Å². The van der Waals surface area contributed by atoms with Gasteiger partial charge < -0.3 is 19.5 Å². The van der Waals surface area contributed by atoms with E-state index in [4.69, 9.17) is 4.42 Å². The van der Waals surface area contributed by atoms with E-state index < -0.39 is 0 Å². The zero-order valence-electron chi connectivity index (χ0n) is 20.3. The number of fused-ring (bicyclic) bond motifs is 1. The largest absolute Gasteiger partial charge is 0.455 e. The normalized spacial score (nSPS) is 11.1. The van der Waals surface area contributed by atoms with Crippen LogP contribution in [0.2, 0.25) is 0 Å². The van der Waals surface area contributed by atoms with Crippen LogP contribution in [-0.4, -0.2) is 62.9 Å². The summed E-state index contributed by atoms with van der Waals surface area (Å²) < 4.78 is 19.5. The summed E-state index contributed by atoms with van der Waals surface area (Å²) in [5, 5.41) is 3.31. The van der Waals surface area contributed by atoms with Gasteiger partial charge in [0.1, 0.15) is 17.2 Å². The van der Waals surface area contributed by atoms with E-state index in [1.54, 1.807) is 37.2 Å². The molecule has 180 valence electrons. The molecule has 0 fully saturated rings. The van der Waals surface area contributed by atoms with Crippen molar-refractivity contribution in [3.8, 4) is 22.5 Å². The number of halogens is 1. The summed E-state index contributed by atoms with van der Waals surface area (Å²) in [5.74, 6) is -0.340. The Morgan fingerprint density at radius 2 is 1.57 bits per heavy atom. The van der Waals surface area contributed by atoms with Crippen LogP contribution in [0.4, 0.5) is 4.39 Å². The monoisotopic (exact) mass is 473 g/mol. The second-order valence-corrected chi connectivity index (χ2v) is 8.71. The molecule has 35 heavy (non-hydrogen) atoms. The van der Waals surface area contributed by atoms with E-state index in [-0.39, 0.29) is 17.6 Å². The average Bonchev–Trinajstić information content (AvgIpc) is 3.25. The first-order chi connectivity index (χ1) is 16.8. The van der Waals surface area contributed by atoms with Crippen molar-refractivity contribution in [2.24, 2.45) is 0 Å². The molecule has 0 aliphatic heterocycles. The van der Waals surface area contributed by atoms with Crippen LogP contribution < -0.4 is 5.32 Å². The lowest BCUT2D eigenvalue weighted by Gasteiger charge is -2.20. The van der Waals surface area contributed by atoms with Crippen molar-refractivity contribution in [3.63, 3.8) is 0 Å². The maximum absolute atomic E-state index is 13.5. The highest BCUT2D eigenvalue weighted by molar-refractivity contribution is 6.11. The molecule has 0 aliphatic carbocycles. The van der Waals surface area contributed by atoms with Crippen molar-refractivity contribution in [1.29, 1.82) is 0 Å². The number of amides is 2. The Balaban J connectivity index is 1.74. The van der Waals surface area contributed by atoms with Crippen molar-refractivity contribution in [3.05, 3.63) is 83.7 Å². The highest BCUT2D eigenvalue weighted by atomic mass is 19.1. The first-order valence-electron chi connectivity index (χ1n) is 11.3. The Kier molecular flexibility index (Phi) is 6.98. The standard InChI is InChI=1S/C28H28FN3O3/c1-30-27(33)25-23-17-20(10-13-24(23)35-26(25)18-8-11-22(29)12-9-18)19-6-5-7-21(16-19)28(34)32(4)15-14-31(2)3/h5-13,16-17H,14-15H2,1-4H3,(H,30,33). The molecule has 0 bridgehead atoms. The zero-order chi connectivity index (χ0) is 25.1. The minimum absolute atomic E-state index is 0.0530. The van der Waals surface area contributed by atoms with Gasteiger partial charge in [0.25, 0.3) is 11.8 Å². The Morgan fingerprint density at radius 1 is 0.886 bits per heavy atom. The lowest BCUT2D eigenvalue weighted by atomic mass is 9.99. The quantitative estimate of drug-likeness (QED) is 0.415. The van der Waals surface area contributed by atoms with E-state index in [1.807, 2.05) is 55.4 Å². The van der Waals surface area contributed by atoms with Crippen LogP contribution in [0.1, 0.15) is 20.7 Å². The van der Waals surface area contributed by atoms with Crippen molar-refractivity contribution in [2.75, 3.05) is 41.3 Å². The molecule has 4 aromatic rings. The summed E-state index contributed by atoms with van der Waals surface area (Å²) in [4.78, 5) is 29.5. The SMILES string of the molecule is CNC(=O)c1c(-c2ccc(F)cc2)oc2ccc(-c3cccc(C(=O)N(C)CCN(C)C)c3)cc12. The van der Waals surface area contributed by atoms with Gasteiger partial charge in [-0.1, -0.05) is 18.2 Å². The molecular weight excluding hydrogens is 445 g/mol. The summed E-state index contributed by atoms with van der Waals surface area (Å²) in [5.41, 5.74) is 3.82. The Labute approximate surface area is 203 Å². The van der Waals surface area contributed by atoms with E-state index in [0.29, 0.717) is 40.0 Å². The molecule has 0 radical (unpaired) electrons. The van der Waals surface area contributed by atoms with Crippen molar-refractivity contribution in [2.45, 2.75) is 0 Å². The number of nitrogens with one attached hydrogen (secondary N) is 1. The highest BCUT2D eigenvalue weighted by Gasteiger charge is 2.22. The molecule has 0 saturated heterocycles. The van der Waals surface area contributed by atoms with E-state index in [1.165, 1.54) is 12.1 Å². The fourth-order valence-electron chi connectivity index (χ4n) is 3.94. The van der Waals surface area contributed by atoms with E-state index in [0.717, 1.165) is 17.7 Å². The fourth-order valence-corrected chi connectivity index (χ4v) is 3.94. The summed E-state index contributed by atoms with van der Waals surface area (Å²) in [7, 11) is 7.29. The fraction of sp³-hybridized carbons (Fsp3) is 0.214. The van der Waals surface area contributed by atoms with Crippen LogP contribution in [0, 0.1) is 5.82 Å². The van der Waals surface area contributed by atoms with Gasteiger partial charge in [0.15, 0.2) is 0 Å². The predicted molar refractivity (Wildman–Crippen MR) is 136 cm³/mol. The molecule has 7 heteroatoms. The van der Waals surface area contributed by atoms with Gasteiger partial charge in [0.2, 0.25) is 0 Å². The molecule has 0 spiro atoms. The topological polar surface area (TPSA) is 65.8 Å². The van der Waals surface area contributed by atoms with Crippen LogP contribution in [-0.2, 0) is 0 Å². The van der Waals surface area contributed by atoms with Crippen LogP contribution >= 0.6 is 0 Å². The van der Waals surface area contributed by atoms with Gasteiger partial charge in [0.05, 0.1) is 5.56 Å². The average molecular weight is 474 g/mol. The summed E-state index contributed by atoms with van der Waals surface area (Å²) >= 11 is 0. The Bertz CT molecular complexity index is 1380. The molecule has 1 heterocycles. The Morgan fingerprint density at radius 3 is 2.26 bits per heavy atom. The summed E-state index contributed by atoms with van der Waals surface area (Å²) in [6.07, 6.45) is 0. The first kappa shape index (κ1) is 24.2. The van der Waals surface area contributed by atoms with Crippen LogP contribution in [0.25, 0.3) is 33.4 Å². The number of carbonyl (C=O) groups excluding carboxylic acids is 2. The van der Waals surface area contributed by atoms with Gasteiger partial charge in [-0.15, -0.1) is 0 Å². The predicted octanol–water partition coefficient (Wildman–Crippen LogP) is 4.90. The van der Waals surface area contributed by atoms with Gasteiger partial charge in [-0.25, -0.2) is 4.39 Å². The number of benzene rings is 3. The Hall–Kier alpha value is -3.97. The van der Waals surface area contributed by atoms with Crippen molar-refractivity contribution >= 4 is 22.8 Å². The van der Waals surface area contributed by atoms with Crippen LogP contribution in [0.15, 0.2) is 71.1 Å². The number of hydrogen-bond donors (Lipinski definition) is 1. The molecule has 0 unspecified atom stereocenters. The third kappa shape index (κ3) is 5.10. The van der Waals surface area contributed by atoms with Crippen LogP contribution in [0.5, 0.6) is 0 Å². The molecule has 1 N–H and O–H groups in total. The summed E-state index contributed by atoms with van der Waals surface area (Å²) in [6, 6.07) is 18.9. The van der Waals surface area contributed by atoms with E-state index in [2.05, 4.69) is 5.32 Å². The first-order valence-corrected chi connectivity index (χ1v) is 11.3. The van der Waals surface area contributed by atoms with Crippen LogP contribution in [0.3, 0.4) is 0 Å². The number of rotatable bonds is 7. The van der Waals surface area contributed by atoms with Crippen molar-refractivity contribution in [1.82, 2.24) is 15.1 Å². The van der Waals surface area contributed by atoms with Gasteiger partial charge in [-0.05, 0) is 73.8 Å². The van der Waals surface area contributed by atoms with Gasteiger partial charge in [0, 0.05) is 43.7 Å². The molecular formula is C28H28FN3O3. The number of nitrogens with zero attached hydrogens (tertiary/aromatic N) is 2. The summed E-state index contributed by atoms with van der Waals surface area (Å²) in [6.45, 7) is 1.40. The number of carbonyl (C=O) groups is 2. The third-order valence-corrected chi connectivity index (χ3v) is 5.92. The lowest BCUT2D eigenvalue weighted by Crippen LogP contribution is -2.33. The van der Waals surface area contributed by atoms with Crippen molar-refractivity contribution < 1.29 is 18.4 Å². The van der Waals surface area contributed by atoms with E-state index >= 15 is 0 Å². The second kappa shape index (κ2) is 10.1. The molecule has 0 aliphatic rings. The molecule has 6 nitrogen and oxygen atoms in total. The van der Waals surface area contributed by atoms with Gasteiger partial charge >= 0.3 is 0 Å². The zero-order valence-corrected chi connectivity index (χ0v) is 20.3. The highest BCUT2D eigenvalue weighted by Crippen LogP contribution is 2.36. The molecule has 3 aromatic carbocycles. The molecule has 1 aromatic heterocycles.